The van der Waals surface area contributed by atoms with Crippen LogP contribution < -0.4 is 0 Å². The van der Waals surface area contributed by atoms with Gasteiger partial charge in [0.05, 0.1) is 10.9 Å². The summed E-state index contributed by atoms with van der Waals surface area (Å²) in [5.74, 6) is -1.07. The van der Waals surface area contributed by atoms with Crippen molar-refractivity contribution in [1.82, 2.24) is 9.55 Å². The summed E-state index contributed by atoms with van der Waals surface area (Å²) in [6.45, 7) is 2.43. The molecule has 2 nitrogen and oxygen atoms in total. The number of aromatic nitrogens is 2. The lowest BCUT2D eigenvalue weighted by atomic mass is 9.84. The second kappa shape index (κ2) is 5.43. The first-order chi connectivity index (χ1) is 9.97. The quantitative estimate of drug-likeness (QED) is 0.742. The normalized spacial score (nSPS) is 18.7. The third-order valence-corrected chi connectivity index (χ3v) is 5.93. The van der Waals surface area contributed by atoms with Crippen molar-refractivity contribution in [3.8, 4) is 0 Å². The number of rotatable bonds is 4. The first-order valence-corrected chi connectivity index (χ1v) is 8.67. The maximum absolute atomic E-state index is 14.3. The molecular formula is C15H17ClF2N2S. The van der Waals surface area contributed by atoms with Crippen LogP contribution in [0, 0.1) is 11.6 Å². The first-order valence-electron chi connectivity index (χ1n) is 7.01. The van der Waals surface area contributed by atoms with Crippen LogP contribution in [-0.4, -0.2) is 20.6 Å². The molecule has 1 aromatic heterocycles. The highest BCUT2D eigenvalue weighted by Gasteiger charge is 2.38. The molecule has 0 amide bonds. The highest BCUT2D eigenvalue weighted by Crippen LogP contribution is 2.45. The van der Waals surface area contributed by atoms with Crippen LogP contribution in [0.1, 0.15) is 37.4 Å². The Morgan fingerprint density at radius 2 is 2.14 bits per heavy atom. The smallest absolute Gasteiger partial charge is 0.184 e. The van der Waals surface area contributed by atoms with E-state index < -0.39 is 11.6 Å². The summed E-state index contributed by atoms with van der Waals surface area (Å²) in [7, 11) is 0. The number of imidazole rings is 1. The Balaban J connectivity index is 2.17. The Morgan fingerprint density at radius 1 is 1.43 bits per heavy atom. The number of halogens is 3. The molecular weight excluding hydrogens is 314 g/mol. The van der Waals surface area contributed by atoms with Gasteiger partial charge < -0.3 is 4.57 Å². The van der Waals surface area contributed by atoms with Crippen molar-refractivity contribution in [2.24, 2.45) is 0 Å². The van der Waals surface area contributed by atoms with E-state index in [0.29, 0.717) is 17.9 Å². The molecule has 1 fully saturated rings. The van der Waals surface area contributed by atoms with Gasteiger partial charge in [0, 0.05) is 11.3 Å². The van der Waals surface area contributed by atoms with Gasteiger partial charge in [0.2, 0.25) is 0 Å². The minimum absolute atomic E-state index is 0.0902. The van der Waals surface area contributed by atoms with Crippen molar-refractivity contribution in [2.45, 2.75) is 42.9 Å². The molecule has 1 aliphatic rings. The molecule has 114 valence electrons. The molecule has 0 saturated heterocycles. The van der Waals surface area contributed by atoms with Gasteiger partial charge in [0.25, 0.3) is 0 Å². The highest BCUT2D eigenvalue weighted by atomic mass is 35.5. The Labute approximate surface area is 131 Å². The van der Waals surface area contributed by atoms with E-state index in [1.54, 1.807) is 23.3 Å². The van der Waals surface area contributed by atoms with Crippen LogP contribution in [-0.2, 0) is 6.54 Å². The van der Waals surface area contributed by atoms with E-state index in [4.69, 9.17) is 11.6 Å². The number of hydrogen-bond acceptors (Lipinski definition) is 2. The van der Waals surface area contributed by atoms with Crippen LogP contribution in [0.2, 0.25) is 0 Å². The van der Waals surface area contributed by atoms with Gasteiger partial charge in [-0.2, -0.15) is 11.8 Å². The zero-order chi connectivity index (χ0) is 15.2. The van der Waals surface area contributed by atoms with Crippen LogP contribution in [0.5, 0.6) is 0 Å². The molecule has 0 spiro atoms. The van der Waals surface area contributed by atoms with Crippen LogP contribution >= 0.6 is 23.4 Å². The molecule has 1 aromatic carbocycles. The summed E-state index contributed by atoms with van der Waals surface area (Å²) in [6.07, 6.45) is 5.41. The molecule has 0 N–H and O–H groups in total. The van der Waals surface area contributed by atoms with Crippen LogP contribution in [0.4, 0.5) is 8.78 Å². The average Bonchev–Trinajstić information content (AvgIpc) is 2.77. The van der Waals surface area contributed by atoms with Gasteiger partial charge in [-0.1, -0.05) is 6.42 Å². The van der Waals surface area contributed by atoms with Gasteiger partial charge in [-0.05, 0) is 38.2 Å². The molecule has 1 aliphatic carbocycles. The van der Waals surface area contributed by atoms with Crippen molar-refractivity contribution in [3.63, 3.8) is 0 Å². The Kier molecular flexibility index (Phi) is 3.91. The molecule has 3 rings (SSSR count). The minimum atomic E-state index is -0.843. The fourth-order valence-electron chi connectivity index (χ4n) is 2.92. The maximum atomic E-state index is 14.3. The highest BCUT2D eigenvalue weighted by molar-refractivity contribution is 8.00. The number of benzene rings is 1. The van der Waals surface area contributed by atoms with Crippen LogP contribution in [0.3, 0.4) is 0 Å². The van der Waals surface area contributed by atoms with Gasteiger partial charge in [-0.3, -0.25) is 0 Å². The first kappa shape index (κ1) is 15.1. The van der Waals surface area contributed by atoms with Crippen molar-refractivity contribution < 1.29 is 8.78 Å². The second-order valence-corrected chi connectivity index (χ2v) is 7.57. The fourth-order valence-corrected chi connectivity index (χ4v) is 4.05. The number of thioether (sulfide) groups is 1. The Hall–Kier alpha value is -0.810. The van der Waals surface area contributed by atoms with E-state index in [-0.39, 0.29) is 15.6 Å². The minimum Gasteiger partial charge on any atom is -0.323 e. The topological polar surface area (TPSA) is 17.8 Å². The molecule has 1 heterocycles. The molecule has 1 unspecified atom stereocenters. The van der Waals surface area contributed by atoms with Gasteiger partial charge in [0.1, 0.15) is 11.3 Å². The molecule has 0 bridgehead atoms. The molecule has 0 radical (unpaired) electrons. The molecule has 1 atom stereocenters. The van der Waals surface area contributed by atoms with Crippen LogP contribution in [0.15, 0.2) is 12.1 Å². The Bertz CT molecular complexity index is 674. The molecule has 2 aromatic rings. The largest absolute Gasteiger partial charge is 0.323 e. The number of hydrogen-bond donors (Lipinski definition) is 0. The summed E-state index contributed by atoms with van der Waals surface area (Å²) in [5.41, 5.74) is 0.699. The lowest BCUT2D eigenvalue weighted by molar-refractivity contribution is 0.320. The molecule has 0 aliphatic heterocycles. The monoisotopic (exact) mass is 330 g/mol. The van der Waals surface area contributed by atoms with Gasteiger partial charge in [0.15, 0.2) is 11.6 Å². The zero-order valence-electron chi connectivity index (χ0n) is 12.0. The van der Waals surface area contributed by atoms with E-state index >= 15 is 0 Å². The van der Waals surface area contributed by atoms with Gasteiger partial charge in [-0.25, -0.2) is 13.8 Å². The molecule has 6 heteroatoms. The SMILES string of the molecule is CSC1(Cn2c(C(C)Cl)nc3ccc(F)c(F)c32)CCC1. The predicted octanol–water partition coefficient (Wildman–Crippen LogP) is 4.90. The summed E-state index contributed by atoms with van der Waals surface area (Å²) in [4.78, 5) is 4.41. The van der Waals surface area contributed by atoms with E-state index in [1.165, 1.54) is 12.5 Å². The third-order valence-electron chi connectivity index (χ3n) is 4.33. The second-order valence-electron chi connectivity index (χ2n) is 5.64. The summed E-state index contributed by atoms with van der Waals surface area (Å²) < 4.78 is 29.7. The van der Waals surface area contributed by atoms with Crippen molar-refractivity contribution in [2.75, 3.05) is 6.26 Å². The van der Waals surface area contributed by atoms with Gasteiger partial charge >= 0.3 is 0 Å². The predicted molar refractivity (Wildman–Crippen MR) is 84.0 cm³/mol. The lowest BCUT2D eigenvalue weighted by Crippen LogP contribution is -2.38. The van der Waals surface area contributed by atoms with E-state index in [0.717, 1.165) is 18.9 Å². The summed E-state index contributed by atoms with van der Waals surface area (Å²) in [6, 6.07) is 2.63. The van der Waals surface area contributed by atoms with Crippen molar-refractivity contribution in [1.29, 1.82) is 0 Å². The third kappa shape index (κ3) is 2.44. The average molecular weight is 331 g/mol. The number of nitrogens with zero attached hydrogens (tertiary/aromatic N) is 2. The zero-order valence-corrected chi connectivity index (χ0v) is 13.6. The molecule has 21 heavy (non-hydrogen) atoms. The van der Waals surface area contributed by atoms with E-state index in [1.807, 2.05) is 0 Å². The summed E-state index contributed by atoms with van der Waals surface area (Å²) in [5, 5.41) is -0.348. The van der Waals surface area contributed by atoms with Crippen LogP contribution in [0.25, 0.3) is 11.0 Å². The summed E-state index contributed by atoms with van der Waals surface area (Å²) >= 11 is 7.99. The maximum Gasteiger partial charge on any atom is 0.184 e. The van der Waals surface area contributed by atoms with Crippen molar-refractivity contribution >= 4 is 34.4 Å². The lowest BCUT2D eigenvalue weighted by Gasteiger charge is -2.41. The molecule has 1 saturated carbocycles. The Morgan fingerprint density at radius 3 is 2.67 bits per heavy atom. The standard InChI is InChI=1S/C15H17ClF2N2S/c1-9(16)14-19-11-5-4-10(17)12(18)13(11)20(14)8-15(21-2)6-3-7-15/h4-5,9H,3,6-8H2,1-2H3. The number of fused-ring (bicyclic) bond motifs is 1. The van der Waals surface area contributed by atoms with E-state index in [2.05, 4.69) is 11.2 Å². The number of alkyl halides is 1. The fraction of sp³-hybridized carbons (Fsp3) is 0.533. The van der Waals surface area contributed by atoms with Gasteiger partial charge in [-0.15, -0.1) is 11.6 Å². The van der Waals surface area contributed by atoms with Crippen molar-refractivity contribution in [3.05, 3.63) is 29.6 Å². The van der Waals surface area contributed by atoms with E-state index in [9.17, 15) is 8.78 Å².